The molecule has 0 bridgehead atoms. The van der Waals surface area contributed by atoms with E-state index in [-0.39, 0.29) is 24.9 Å². The zero-order valence-electron chi connectivity index (χ0n) is 17.4. The second-order valence-electron chi connectivity index (χ2n) is 7.13. The molecule has 0 fully saturated rings. The SMILES string of the molecule is CCN(CC)C(CNC(=O)CCn1c(=O)[nH]c(=O)c2ccccc21)c1ccccc1. The van der Waals surface area contributed by atoms with Crippen LogP contribution < -0.4 is 16.6 Å². The van der Waals surface area contributed by atoms with Gasteiger partial charge in [-0.15, -0.1) is 0 Å². The van der Waals surface area contributed by atoms with Crippen molar-refractivity contribution >= 4 is 16.8 Å². The Balaban J connectivity index is 1.69. The number of hydrogen-bond donors (Lipinski definition) is 2. The molecule has 1 amide bonds. The van der Waals surface area contributed by atoms with Crippen molar-refractivity contribution in [1.82, 2.24) is 19.8 Å². The summed E-state index contributed by atoms with van der Waals surface area (Å²) in [6.45, 7) is 6.66. The van der Waals surface area contributed by atoms with E-state index in [1.807, 2.05) is 18.2 Å². The van der Waals surface area contributed by atoms with E-state index in [4.69, 9.17) is 0 Å². The number of carbonyl (C=O) groups excluding carboxylic acids is 1. The van der Waals surface area contributed by atoms with E-state index in [1.54, 1.807) is 24.3 Å². The van der Waals surface area contributed by atoms with Crippen molar-refractivity contribution in [2.75, 3.05) is 19.6 Å². The van der Waals surface area contributed by atoms with E-state index < -0.39 is 11.2 Å². The van der Waals surface area contributed by atoms with Gasteiger partial charge in [0.2, 0.25) is 5.91 Å². The number of carbonyl (C=O) groups is 1. The number of benzene rings is 2. The van der Waals surface area contributed by atoms with E-state index in [2.05, 4.69) is 41.2 Å². The van der Waals surface area contributed by atoms with Gasteiger partial charge in [-0.1, -0.05) is 56.3 Å². The number of nitrogens with zero attached hydrogens (tertiary/aromatic N) is 2. The maximum atomic E-state index is 12.5. The summed E-state index contributed by atoms with van der Waals surface area (Å²) in [5.41, 5.74) is 0.770. The summed E-state index contributed by atoms with van der Waals surface area (Å²) in [6, 6.07) is 17.1. The number of para-hydroxylation sites is 1. The summed E-state index contributed by atoms with van der Waals surface area (Å²) < 4.78 is 1.44. The summed E-state index contributed by atoms with van der Waals surface area (Å²) in [4.78, 5) is 41.4. The number of likely N-dealkylation sites (N-methyl/N-ethyl adjacent to an activating group) is 1. The molecule has 0 aliphatic rings. The molecular weight excluding hydrogens is 380 g/mol. The first kappa shape index (κ1) is 21.5. The van der Waals surface area contributed by atoms with Crippen LogP contribution in [0.5, 0.6) is 0 Å². The fourth-order valence-corrected chi connectivity index (χ4v) is 3.77. The molecule has 3 aromatic rings. The van der Waals surface area contributed by atoms with Gasteiger partial charge in [0.05, 0.1) is 16.9 Å². The molecule has 3 rings (SSSR count). The minimum absolute atomic E-state index is 0.0850. The molecule has 0 aliphatic carbocycles. The van der Waals surface area contributed by atoms with Crippen molar-refractivity contribution in [2.24, 2.45) is 0 Å². The first-order valence-electron chi connectivity index (χ1n) is 10.3. The van der Waals surface area contributed by atoms with Gasteiger partial charge < -0.3 is 5.32 Å². The summed E-state index contributed by atoms with van der Waals surface area (Å²) in [5.74, 6) is -0.134. The molecule has 7 heteroatoms. The van der Waals surface area contributed by atoms with Crippen LogP contribution >= 0.6 is 0 Å². The molecular formula is C23H28N4O3. The van der Waals surface area contributed by atoms with Crippen LogP contribution in [0.1, 0.15) is 31.9 Å². The van der Waals surface area contributed by atoms with Crippen LogP contribution in [0.15, 0.2) is 64.2 Å². The highest BCUT2D eigenvalue weighted by molar-refractivity contribution is 5.78. The molecule has 1 unspecified atom stereocenters. The van der Waals surface area contributed by atoms with Gasteiger partial charge in [0.1, 0.15) is 0 Å². The Kier molecular flexibility index (Phi) is 7.19. The topological polar surface area (TPSA) is 87.2 Å². The molecule has 0 radical (unpaired) electrons. The molecule has 2 N–H and O–H groups in total. The van der Waals surface area contributed by atoms with Gasteiger partial charge in [0.15, 0.2) is 0 Å². The molecule has 1 atom stereocenters. The number of hydrogen-bond acceptors (Lipinski definition) is 4. The van der Waals surface area contributed by atoms with Gasteiger partial charge in [-0.05, 0) is 30.8 Å². The normalized spacial score (nSPS) is 12.2. The Morgan fingerprint density at radius 2 is 1.70 bits per heavy atom. The molecule has 7 nitrogen and oxygen atoms in total. The zero-order chi connectivity index (χ0) is 21.5. The third-order valence-corrected chi connectivity index (χ3v) is 5.40. The maximum Gasteiger partial charge on any atom is 0.328 e. The van der Waals surface area contributed by atoms with Gasteiger partial charge in [0, 0.05) is 19.5 Å². The zero-order valence-corrected chi connectivity index (χ0v) is 17.4. The highest BCUT2D eigenvalue weighted by Crippen LogP contribution is 2.19. The van der Waals surface area contributed by atoms with Crippen molar-refractivity contribution in [3.8, 4) is 0 Å². The second-order valence-corrected chi connectivity index (χ2v) is 7.13. The van der Waals surface area contributed by atoms with Crippen molar-refractivity contribution < 1.29 is 4.79 Å². The minimum atomic E-state index is -0.503. The third kappa shape index (κ3) is 4.86. The number of aromatic nitrogens is 2. The van der Waals surface area contributed by atoms with Crippen molar-refractivity contribution in [3.05, 3.63) is 81.0 Å². The van der Waals surface area contributed by atoms with E-state index in [1.165, 1.54) is 4.57 Å². The lowest BCUT2D eigenvalue weighted by Gasteiger charge is -2.30. The predicted octanol–water partition coefficient (Wildman–Crippen LogP) is 2.28. The van der Waals surface area contributed by atoms with Gasteiger partial charge in [-0.2, -0.15) is 0 Å². The second kappa shape index (κ2) is 10.0. The fourth-order valence-electron chi connectivity index (χ4n) is 3.77. The Morgan fingerprint density at radius 3 is 2.40 bits per heavy atom. The summed E-state index contributed by atoms with van der Waals surface area (Å²) in [7, 11) is 0. The van der Waals surface area contributed by atoms with Crippen molar-refractivity contribution in [3.63, 3.8) is 0 Å². The van der Waals surface area contributed by atoms with Crippen molar-refractivity contribution in [2.45, 2.75) is 32.9 Å². The van der Waals surface area contributed by atoms with Gasteiger partial charge in [0.25, 0.3) is 5.56 Å². The third-order valence-electron chi connectivity index (χ3n) is 5.40. The largest absolute Gasteiger partial charge is 0.354 e. The molecule has 0 spiro atoms. The van der Waals surface area contributed by atoms with E-state index >= 15 is 0 Å². The van der Waals surface area contributed by atoms with Crippen LogP contribution in [0.4, 0.5) is 0 Å². The Morgan fingerprint density at radius 1 is 1.03 bits per heavy atom. The standard InChI is InChI=1S/C23H28N4O3/c1-3-26(4-2)20(17-10-6-5-7-11-17)16-24-21(28)14-15-27-19-13-9-8-12-18(19)22(29)25-23(27)30/h5-13,20H,3-4,14-16H2,1-2H3,(H,24,28)(H,25,29,30). The van der Waals surface area contributed by atoms with Crippen molar-refractivity contribution in [1.29, 1.82) is 0 Å². The Hall–Kier alpha value is -3.19. The van der Waals surface area contributed by atoms with E-state index in [0.29, 0.717) is 17.4 Å². The lowest BCUT2D eigenvalue weighted by Crippen LogP contribution is -2.38. The first-order valence-corrected chi connectivity index (χ1v) is 10.3. The highest BCUT2D eigenvalue weighted by atomic mass is 16.2. The van der Waals surface area contributed by atoms with E-state index in [0.717, 1.165) is 18.7 Å². The molecule has 30 heavy (non-hydrogen) atoms. The number of nitrogens with one attached hydrogen (secondary N) is 2. The van der Waals surface area contributed by atoms with Crippen LogP contribution in [0.3, 0.4) is 0 Å². The molecule has 158 valence electrons. The monoisotopic (exact) mass is 408 g/mol. The molecule has 1 aromatic heterocycles. The minimum Gasteiger partial charge on any atom is -0.354 e. The number of rotatable bonds is 9. The number of fused-ring (bicyclic) bond motifs is 1. The lowest BCUT2D eigenvalue weighted by atomic mass is 10.1. The maximum absolute atomic E-state index is 12.5. The number of amides is 1. The Bertz CT molecular complexity index is 1100. The first-order chi connectivity index (χ1) is 14.5. The van der Waals surface area contributed by atoms with E-state index in [9.17, 15) is 14.4 Å². The predicted molar refractivity (Wildman–Crippen MR) is 119 cm³/mol. The average Bonchev–Trinajstić information content (AvgIpc) is 2.77. The molecule has 0 saturated carbocycles. The molecule has 1 heterocycles. The van der Waals surface area contributed by atoms with Gasteiger partial charge in [-0.25, -0.2) is 4.79 Å². The van der Waals surface area contributed by atoms with Crippen LogP contribution in [0, 0.1) is 0 Å². The Labute approximate surface area is 175 Å². The van der Waals surface area contributed by atoms with Crippen LogP contribution in [0.25, 0.3) is 10.9 Å². The van der Waals surface area contributed by atoms with Crippen LogP contribution in [0.2, 0.25) is 0 Å². The van der Waals surface area contributed by atoms with Gasteiger partial charge in [-0.3, -0.25) is 24.0 Å². The number of H-pyrrole nitrogens is 1. The molecule has 0 aliphatic heterocycles. The summed E-state index contributed by atoms with van der Waals surface area (Å²) >= 11 is 0. The number of aromatic amines is 1. The smallest absolute Gasteiger partial charge is 0.328 e. The number of aryl methyl sites for hydroxylation is 1. The fraction of sp³-hybridized carbons (Fsp3) is 0.348. The van der Waals surface area contributed by atoms with Crippen LogP contribution in [-0.4, -0.2) is 40.0 Å². The lowest BCUT2D eigenvalue weighted by molar-refractivity contribution is -0.121. The van der Waals surface area contributed by atoms with Crippen LogP contribution in [-0.2, 0) is 11.3 Å². The molecule has 2 aromatic carbocycles. The highest BCUT2D eigenvalue weighted by Gasteiger charge is 2.18. The van der Waals surface area contributed by atoms with Gasteiger partial charge >= 0.3 is 5.69 Å². The summed E-state index contributed by atoms with van der Waals surface area (Å²) in [6.07, 6.45) is 0.149. The quantitative estimate of drug-likeness (QED) is 0.569. The molecule has 0 saturated heterocycles. The summed E-state index contributed by atoms with van der Waals surface area (Å²) in [5, 5.41) is 3.45. The average molecular weight is 409 g/mol.